The average Bonchev–Trinajstić information content (AvgIpc) is 3.08. The van der Waals surface area contributed by atoms with Gasteiger partial charge >= 0.3 is 0 Å². The fourth-order valence-electron chi connectivity index (χ4n) is 3.66. The van der Waals surface area contributed by atoms with Crippen LogP contribution in [0, 0.1) is 11.3 Å². The number of likely N-dealkylation sites (tertiary alicyclic amines) is 2. The predicted molar refractivity (Wildman–Crippen MR) is 90.8 cm³/mol. The lowest BCUT2D eigenvalue weighted by atomic mass is 9.87. The van der Waals surface area contributed by atoms with E-state index in [-0.39, 0.29) is 0 Å². The molecule has 2 fully saturated rings. The molecule has 2 unspecified atom stereocenters. The normalized spacial score (nSPS) is 31.1. The molecule has 0 bridgehead atoms. The molecule has 0 saturated carbocycles. The van der Waals surface area contributed by atoms with E-state index in [2.05, 4.69) is 40.9 Å². The van der Waals surface area contributed by atoms with E-state index >= 15 is 0 Å². The van der Waals surface area contributed by atoms with Crippen LogP contribution in [0.25, 0.3) is 0 Å². The summed E-state index contributed by atoms with van der Waals surface area (Å²) in [5.74, 6) is 1.90. The first-order valence-corrected chi connectivity index (χ1v) is 8.78. The van der Waals surface area contributed by atoms with Crippen LogP contribution in [0.4, 0.5) is 0 Å². The molecule has 0 aliphatic carbocycles. The van der Waals surface area contributed by atoms with Crippen molar-refractivity contribution in [1.29, 1.82) is 0 Å². The summed E-state index contributed by atoms with van der Waals surface area (Å²) in [6.07, 6.45) is 5.15. The van der Waals surface area contributed by atoms with Gasteiger partial charge in [0.15, 0.2) is 5.96 Å². The van der Waals surface area contributed by atoms with E-state index < -0.39 is 0 Å². The highest BCUT2D eigenvalue weighted by Gasteiger charge is 2.33. The summed E-state index contributed by atoms with van der Waals surface area (Å²) in [7, 11) is 1.92. The predicted octanol–water partition coefficient (Wildman–Crippen LogP) is 2.42. The Labute approximate surface area is 131 Å². The van der Waals surface area contributed by atoms with E-state index in [0.717, 1.165) is 31.5 Å². The Morgan fingerprint density at radius 1 is 1.33 bits per heavy atom. The van der Waals surface area contributed by atoms with E-state index in [4.69, 9.17) is 0 Å². The molecule has 0 aromatic rings. The number of guanidine groups is 1. The van der Waals surface area contributed by atoms with Crippen LogP contribution in [0.2, 0.25) is 0 Å². The van der Waals surface area contributed by atoms with Gasteiger partial charge in [-0.2, -0.15) is 0 Å². The fraction of sp³-hybridized carbons (Fsp3) is 0.941. The summed E-state index contributed by atoms with van der Waals surface area (Å²) >= 11 is 0. The SMILES string of the molecule is CCCN1CCC(CNC(=NC)N2CCC(C)(CC)C2)C1. The minimum atomic E-state index is 0.475. The highest BCUT2D eigenvalue weighted by molar-refractivity contribution is 5.80. The van der Waals surface area contributed by atoms with Crippen LogP contribution in [0.3, 0.4) is 0 Å². The van der Waals surface area contributed by atoms with Gasteiger partial charge in [0.2, 0.25) is 0 Å². The smallest absolute Gasteiger partial charge is 0.193 e. The van der Waals surface area contributed by atoms with E-state index in [1.54, 1.807) is 0 Å². The Hall–Kier alpha value is -0.770. The highest BCUT2D eigenvalue weighted by Crippen LogP contribution is 2.32. The molecule has 0 radical (unpaired) electrons. The van der Waals surface area contributed by atoms with Crippen LogP contribution >= 0.6 is 0 Å². The molecule has 0 aromatic heterocycles. The second-order valence-corrected chi connectivity index (χ2v) is 7.22. The number of nitrogens with zero attached hydrogens (tertiary/aromatic N) is 3. The quantitative estimate of drug-likeness (QED) is 0.624. The zero-order chi connectivity index (χ0) is 15.3. The van der Waals surface area contributed by atoms with Gasteiger partial charge in [0, 0.05) is 33.2 Å². The monoisotopic (exact) mass is 294 g/mol. The first kappa shape index (κ1) is 16.6. The van der Waals surface area contributed by atoms with Gasteiger partial charge in [0.1, 0.15) is 0 Å². The number of hydrogen-bond acceptors (Lipinski definition) is 2. The minimum absolute atomic E-state index is 0.475. The largest absolute Gasteiger partial charge is 0.356 e. The first-order valence-electron chi connectivity index (χ1n) is 8.78. The summed E-state index contributed by atoms with van der Waals surface area (Å²) in [4.78, 5) is 9.55. The van der Waals surface area contributed by atoms with E-state index in [0.29, 0.717) is 5.41 Å². The van der Waals surface area contributed by atoms with Crippen molar-refractivity contribution in [2.45, 2.75) is 46.5 Å². The second kappa shape index (κ2) is 7.48. The average molecular weight is 294 g/mol. The maximum absolute atomic E-state index is 4.50. The number of hydrogen-bond donors (Lipinski definition) is 1. The van der Waals surface area contributed by atoms with Crippen molar-refractivity contribution in [3.05, 3.63) is 0 Å². The third-order valence-electron chi connectivity index (χ3n) is 5.38. The molecule has 2 rings (SSSR count). The molecule has 2 aliphatic heterocycles. The third kappa shape index (κ3) is 4.35. The minimum Gasteiger partial charge on any atom is -0.356 e. The van der Waals surface area contributed by atoms with Crippen molar-refractivity contribution in [3.63, 3.8) is 0 Å². The molecular weight excluding hydrogens is 260 g/mol. The van der Waals surface area contributed by atoms with E-state index in [1.165, 1.54) is 45.3 Å². The van der Waals surface area contributed by atoms with E-state index in [1.807, 2.05) is 7.05 Å². The van der Waals surface area contributed by atoms with Crippen molar-refractivity contribution in [3.8, 4) is 0 Å². The van der Waals surface area contributed by atoms with Crippen molar-refractivity contribution in [1.82, 2.24) is 15.1 Å². The molecule has 2 aliphatic rings. The van der Waals surface area contributed by atoms with Crippen LogP contribution in [-0.2, 0) is 0 Å². The summed E-state index contributed by atoms with van der Waals surface area (Å²) in [5.41, 5.74) is 0.475. The van der Waals surface area contributed by atoms with Crippen molar-refractivity contribution in [2.75, 3.05) is 46.3 Å². The van der Waals surface area contributed by atoms with Crippen LogP contribution in [0.5, 0.6) is 0 Å². The molecule has 0 aromatic carbocycles. The molecule has 2 heterocycles. The van der Waals surface area contributed by atoms with Crippen LogP contribution < -0.4 is 5.32 Å². The maximum atomic E-state index is 4.50. The van der Waals surface area contributed by atoms with E-state index in [9.17, 15) is 0 Å². The number of rotatable bonds is 5. The fourth-order valence-corrected chi connectivity index (χ4v) is 3.66. The van der Waals surface area contributed by atoms with Crippen molar-refractivity contribution < 1.29 is 0 Å². The Balaban J connectivity index is 1.77. The van der Waals surface area contributed by atoms with Gasteiger partial charge in [-0.1, -0.05) is 20.8 Å². The highest BCUT2D eigenvalue weighted by atomic mass is 15.3. The molecule has 4 heteroatoms. The Kier molecular flexibility index (Phi) is 5.91. The van der Waals surface area contributed by atoms with Gasteiger partial charge in [-0.25, -0.2) is 0 Å². The van der Waals surface area contributed by atoms with Crippen molar-refractivity contribution >= 4 is 5.96 Å². The molecule has 21 heavy (non-hydrogen) atoms. The lowest BCUT2D eigenvalue weighted by Gasteiger charge is -2.26. The van der Waals surface area contributed by atoms with Crippen LogP contribution in [-0.4, -0.2) is 62.1 Å². The maximum Gasteiger partial charge on any atom is 0.193 e. The molecule has 0 amide bonds. The van der Waals surface area contributed by atoms with Gasteiger partial charge in [-0.15, -0.1) is 0 Å². The van der Waals surface area contributed by atoms with Crippen molar-refractivity contribution in [2.24, 2.45) is 16.3 Å². The summed E-state index contributed by atoms with van der Waals surface area (Å²) in [6.45, 7) is 14.1. The Morgan fingerprint density at radius 3 is 2.76 bits per heavy atom. The van der Waals surface area contributed by atoms with Gasteiger partial charge in [-0.05, 0) is 50.1 Å². The molecule has 1 N–H and O–H groups in total. The Bertz CT molecular complexity index is 355. The molecule has 2 saturated heterocycles. The zero-order valence-electron chi connectivity index (χ0n) is 14.5. The lowest BCUT2D eigenvalue weighted by Crippen LogP contribution is -2.43. The summed E-state index contributed by atoms with van der Waals surface area (Å²) in [5, 5.41) is 3.63. The topological polar surface area (TPSA) is 30.9 Å². The van der Waals surface area contributed by atoms with Gasteiger partial charge in [0.25, 0.3) is 0 Å². The molecule has 122 valence electrons. The standard InChI is InChI=1S/C17H34N4/c1-5-9-20-10-7-15(13-20)12-19-16(18-4)21-11-8-17(3,6-2)14-21/h15H,5-14H2,1-4H3,(H,18,19). The summed E-state index contributed by atoms with van der Waals surface area (Å²) in [6, 6.07) is 0. The molecule has 0 spiro atoms. The summed E-state index contributed by atoms with van der Waals surface area (Å²) < 4.78 is 0. The first-order chi connectivity index (χ1) is 10.1. The van der Waals surface area contributed by atoms with Gasteiger partial charge in [-0.3, -0.25) is 4.99 Å². The molecular formula is C17H34N4. The molecule has 2 atom stereocenters. The van der Waals surface area contributed by atoms with Gasteiger partial charge < -0.3 is 15.1 Å². The van der Waals surface area contributed by atoms with Crippen LogP contribution in [0.1, 0.15) is 46.5 Å². The molecule has 4 nitrogen and oxygen atoms in total. The van der Waals surface area contributed by atoms with Gasteiger partial charge in [0.05, 0.1) is 0 Å². The number of nitrogens with one attached hydrogen (secondary N) is 1. The lowest BCUT2D eigenvalue weighted by molar-refractivity contribution is 0.317. The second-order valence-electron chi connectivity index (χ2n) is 7.22. The number of aliphatic imine (C=N–C) groups is 1. The Morgan fingerprint density at radius 2 is 2.14 bits per heavy atom. The van der Waals surface area contributed by atoms with Crippen LogP contribution in [0.15, 0.2) is 4.99 Å². The third-order valence-corrected chi connectivity index (χ3v) is 5.38. The zero-order valence-corrected chi connectivity index (χ0v) is 14.5.